The third-order valence-corrected chi connectivity index (χ3v) is 4.24. The second kappa shape index (κ2) is 5.60. The number of rotatable bonds is 4. The van der Waals surface area contributed by atoms with Crippen LogP contribution in [0.5, 0.6) is 0 Å². The molecule has 0 saturated carbocycles. The van der Waals surface area contributed by atoms with E-state index in [-0.39, 0.29) is 11.8 Å². The molecule has 1 aliphatic rings. The van der Waals surface area contributed by atoms with Crippen molar-refractivity contribution in [2.24, 2.45) is 11.8 Å². The first kappa shape index (κ1) is 12.5. The minimum absolute atomic E-state index is 0.110. The molecule has 4 nitrogen and oxygen atoms in total. The fraction of sp³-hybridized carbons (Fsp3) is 0.667. The number of aromatic nitrogens is 1. The average molecular weight is 253 g/mol. The summed E-state index contributed by atoms with van der Waals surface area (Å²) in [5.41, 5.74) is 0.971. The quantitative estimate of drug-likeness (QED) is 0.847. The van der Waals surface area contributed by atoms with E-state index in [4.69, 9.17) is 0 Å². The molecule has 1 saturated heterocycles. The van der Waals surface area contributed by atoms with Gasteiger partial charge in [-0.3, -0.25) is 4.79 Å². The summed E-state index contributed by atoms with van der Waals surface area (Å²) in [7, 11) is 0. The Morgan fingerprint density at radius 1 is 1.65 bits per heavy atom. The fourth-order valence-corrected chi connectivity index (χ4v) is 2.81. The van der Waals surface area contributed by atoms with Crippen LogP contribution < -0.4 is 10.6 Å². The van der Waals surface area contributed by atoms with Crippen molar-refractivity contribution >= 4 is 17.2 Å². The molecule has 2 heterocycles. The van der Waals surface area contributed by atoms with Crippen LogP contribution in [0.15, 0.2) is 5.38 Å². The molecule has 17 heavy (non-hydrogen) atoms. The summed E-state index contributed by atoms with van der Waals surface area (Å²) >= 11 is 1.66. The molecule has 0 radical (unpaired) electrons. The Morgan fingerprint density at radius 3 is 3.06 bits per heavy atom. The highest BCUT2D eigenvalue weighted by molar-refractivity contribution is 7.09. The van der Waals surface area contributed by atoms with Crippen LogP contribution in [-0.2, 0) is 17.8 Å². The van der Waals surface area contributed by atoms with Gasteiger partial charge >= 0.3 is 0 Å². The van der Waals surface area contributed by atoms with Crippen molar-refractivity contribution in [3.05, 3.63) is 16.1 Å². The van der Waals surface area contributed by atoms with E-state index in [2.05, 4.69) is 29.5 Å². The van der Waals surface area contributed by atoms with Gasteiger partial charge in [0.1, 0.15) is 0 Å². The lowest BCUT2D eigenvalue weighted by Gasteiger charge is -2.13. The number of amides is 1. The monoisotopic (exact) mass is 253 g/mol. The molecule has 2 N–H and O–H groups in total. The summed E-state index contributed by atoms with van der Waals surface area (Å²) in [6.07, 6.45) is 0.961. The minimum Gasteiger partial charge on any atom is -0.350 e. The molecule has 1 aliphatic heterocycles. The van der Waals surface area contributed by atoms with Gasteiger partial charge < -0.3 is 10.6 Å². The summed E-state index contributed by atoms with van der Waals surface area (Å²) in [6.45, 7) is 6.49. The van der Waals surface area contributed by atoms with Crippen LogP contribution in [0, 0.1) is 11.8 Å². The second-order valence-electron chi connectivity index (χ2n) is 4.55. The van der Waals surface area contributed by atoms with Gasteiger partial charge in [0.2, 0.25) is 5.91 Å². The Labute approximate surface area is 106 Å². The van der Waals surface area contributed by atoms with Gasteiger partial charge in [0.05, 0.1) is 23.2 Å². The Kier molecular flexibility index (Phi) is 4.12. The number of hydrogen-bond acceptors (Lipinski definition) is 4. The Balaban J connectivity index is 1.83. The Hall–Kier alpha value is -0.940. The maximum Gasteiger partial charge on any atom is 0.225 e. The standard InChI is InChI=1S/C12H19N3OS/c1-3-11-15-9(7-17-11)5-14-12(16)10-6-13-4-8(10)2/h7-8,10,13H,3-6H2,1-2H3,(H,14,16)/t8-,10-/m1/s1. The molecule has 94 valence electrons. The number of hydrogen-bond donors (Lipinski definition) is 2. The number of carbonyl (C=O) groups is 1. The van der Waals surface area contributed by atoms with E-state index in [0.717, 1.165) is 30.2 Å². The highest BCUT2D eigenvalue weighted by atomic mass is 32.1. The average Bonchev–Trinajstić information content (AvgIpc) is 2.94. The van der Waals surface area contributed by atoms with Crippen LogP contribution >= 0.6 is 11.3 Å². The smallest absolute Gasteiger partial charge is 0.225 e. The van der Waals surface area contributed by atoms with Crippen molar-refractivity contribution in [1.82, 2.24) is 15.6 Å². The third-order valence-electron chi connectivity index (χ3n) is 3.20. The summed E-state index contributed by atoms with van der Waals surface area (Å²) in [4.78, 5) is 16.4. The van der Waals surface area contributed by atoms with Gasteiger partial charge in [0.15, 0.2) is 0 Å². The normalized spacial score (nSPS) is 23.9. The minimum atomic E-state index is 0.110. The molecule has 0 bridgehead atoms. The van der Waals surface area contributed by atoms with Gasteiger partial charge in [-0.25, -0.2) is 4.98 Å². The summed E-state index contributed by atoms with van der Waals surface area (Å²) < 4.78 is 0. The topological polar surface area (TPSA) is 54.0 Å². The van der Waals surface area contributed by atoms with Gasteiger partial charge in [0.25, 0.3) is 0 Å². The van der Waals surface area contributed by atoms with E-state index in [1.807, 2.05) is 5.38 Å². The van der Waals surface area contributed by atoms with E-state index in [1.165, 1.54) is 0 Å². The van der Waals surface area contributed by atoms with Gasteiger partial charge in [0, 0.05) is 11.9 Å². The van der Waals surface area contributed by atoms with Crippen LogP contribution in [0.1, 0.15) is 24.5 Å². The van der Waals surface area contributed by atoms with Crippen LogP contribution in [-0.4, -0.2) is 24.0 Å². The zero-order chi connectivity index (χ0) is 12.3. The van der Waals surface area contributed by atoms with Gasteiger partial charge in [-0.1, -0.05) is 13.8 Å². The largest absolute Gasteiger partial charge is 0.350 e. The van der Waals surface area contributed by atoms with E-state index < -0.39 is 0 Å². The van der Waals surface area contributed by atoms with Crippen LogP contribution in [0.25, 0.3) is 0 Å². The zero-order valence-corrected chi connectivity index (χ0v) is 11.1. The number of thiazole rings is 1. The van der Waals surface area contributed by atoms with Gasteiger partial charge in [-0.05, 0) is 18.9 Å². The maximum absolute atomic E-state index is 11.9. The number of nitrogens with one attached hydrogen (secondary N) is 2. The van der Waals surface area contributed by atoms with Crippen molar-refractivity contribution in [3.8, 4) is 0 Å². The number of aryl methyl sites for hydroxylation is 1. The molecule has 0 unspecified atom stereocenters. The molecule has 1 amide bonds. The predicted molar refractivity (Wildman–Crippen MR) is 68.9 cm³/mol. The highest BCUT2D eigenvalue weighted by Gasteiger charge is 2.29. The third kappa shape index (κ3) is 3.04. The first-order valence-electron chi connectivity index (χ1n) is 6.12. The first-order valence-corrected chi connectivity index (χ1v) is 7.00. The van der Waals surface area contributed by atoms with E-state index in [1.54, 1.807) is 11.3 Å². The van der Waals surface area contributed by atoms with E-state index in [9.17, 15) is 4.79 Å². The SMILES string of the molecule is CCc1nc(CNC(=O)[C@@H]2CNC[C@H]2C)cs1. The molecule has 0 spiro atoms. The maximum atomic E-state index is 11.9. The molecule has 1 aromatic heterocycles. The van der Waals surface area contributed by atoms with Crippen LogP contribution in [0.4, 0.5) is 0 Å². The summed E-state index contributed by atoms with van der Waals surface area (Å²) in [5.74, 6) is 0.685. The predicted octanol–water partition coefficient (Wildman–Crippen LogP) is 1.18. The van der Waals surface area contributed by atoms with Crippen LogP contribution in [0.2, 0.25) is 0 Å². The van der Waals surface area contributed by atoms with Gasteiger partial charge in [-0.2, -0.15) is 0 Å². The summed E-state index contributed by atoms with van der Waals surface area (Å²) in [6, 6.07) is 0. The first-order chi connectivity index (χ1) is 8.20. The van der Waals surface area contributed by atoms with Crippen LogP contribution in [0.3, 0.4) is 0 Å². The van der Waals surface area contributed by atoms with Crippen molar-refractivity contribution in [3.63, 3.8) is 0 Å². The Bertz CT molecular complexity index is 391. The second-order valence-corrected chi connectivity index (χ2v) is 5.49. The molecule has 1 fully saturated rings. The number of nitrogens with zero attached hydrogens (tertiary/aromatic N) is 1. The zero-order valence-electron chi connectivity index (χ0n) is 10.3. The fourth-order valence-electron chi connectivity index (χ4n) is 2.06. The molecular weight excluding hydrogens is 234 g/mol. The summed E-state index contributed by atoms with van der Waals surface area (Å²) in [5, 5.41) is 9.37. The number of carbonyl (C=O) groups excluding carboxylic acids is 1. The van der Waals surface area contributed by atoms with Gasteiger partial charge in [-0.15, -0.1) is 11.3 Å². The molecule has 5 heteroatoms. The van der Waals surface area contributed by atoms with E-state index in [0.29, 0.717) is 12.5 Å². The van der Waals surface area contributed by atoms with Crippen molar-refractivity contribution < 1.29 is 4.79 Å². The molecule has 2 rings (SSSR count). The molecule has 2 atom stereocenters. The lowest BCUT2D eigenvalue weighted by atomic mass is 9.97. The molecule has 0 aromatic carbocycles. The van der Waals surface area contributed by atoms with E-state index >= 15 is 0 Å². The van der Waals surface area contributed by atoms with Crippen molar-refractivity contribution in [2.45, 2.75) is 26.8 Å². The molecule has 0 aliphatic carbocycles. The highest BCUT2D eigenvalue weighted by Crippen LogP contribution is 2.16. The lowest BCUT2D eigenvalue weighted by Crippen LogP contribution is -2.33. The lowest BCUT2D eigenvalue weighted by molar-refractivity contribution is -0.125. The van der Waals surface area contributed by atoms with Crippen molar-refractivity contribution in [2.75, 3.05) is 13.1 Å². The molecule has 1 aromatic rings. The Morgan fingerprint density at radius 2 is 2.47 bits per heavy atom. The van der Waals surface area contributed by atoms with Crippen molar-refractivity contribution in [1.29, 1.82) is 0 Å². The molecular formula is C12H19N3OS.